The van der Waals surface area contributed by atoms with Crippen molar-refractivity contribution in [3.05, 3.63) is 59.7 Å². The summed E-state index contributed by atoms with van der Waals surface area (Å²) >= 11 is 0. The van der Waals surface area contributed by atoms with Gasteiger partial charge >= 0.3 is 5.97 Å². The number of benzene rings is 2. The zero-order valence-corrected chi connectivity index (χ0v) is 14.4. The van der Waals surface area contributed by atoms with Gasteiger partial charge in [0, 0.05) is 23.6 Å². The van der Waals surface area contributed by atoms with Gasteiger partial charge in [-0.25, -0.2) is 4.79 Å². The molecule has 5 nitrogen and oxygen atoms in total. The number of rotatable bonds is 7. The largest absolute Gasteiger partial charge is 0.493 e. The molecule has 0 aliphatic heterocycles. The lowest BCUT2D eigenvalue weighted by Crippen LogP contribution is -2.04. The quantitative estimate of drug-likeness (QED) is 0.331. The molecule has 0 atom stereocenters. The third-order valence-electron chi connectivity index (χ3n) is 3.55. The molecule has 0 aromatic heterocycles. The van der Waals surface area contributed by atoms with E-state index in [2.05, 4.69) is 0 Å². The molecule has 0 saturated heterocycles. The Morgan fingerprint density at radius 3 is 2.32 bits per heavy atom. The lowest BCUT2D eigenvalue weighted by molar-refractivity contribution is -0.128. The number of hydrogen-bond acceptors (Lipinski definition) is 5. The van der Waals surface area contributed by atoms with Crippen molar-refractivity contribution in [1.29, 1.82) is 0 Å². The van der Waals surface area contributed by atoms with E-state index in [9.17, 15) is 9.59 Å². The molecule has 0 radical (unpaired) electrons. The molecular formula is C20H20O5. The van der Waals surface area contributed by atoms with Gasteiger partial charge in [-0.05, 0) is 36.4 Å². The average Bonchev–Trinajstić information content (AvgIpc) is 2.65. The first-order valence-electron chi connectivity index (χ1n) is 7.83. The Morgan fingerprint density at radius 1 is 1.00 bits per heavy atom. The van der Waals surface area contributed by atoms with Crippen LogP contribution in [0.3, 0.4) is 0 Å². The van der Waals surface area contributed by atoms with Crippen molar-refractivity contribution in [2.75, 3.05) is 14.2 Å². The minimum atomic E-state index is -0.528. The molecule has 0 bridgehead atoms. The van der Waals surface area contributed by atoms with Crippen molar-refractivity contribution in [3.8, 4) is 17.2 Å². The van der Waals surface area contributed by atoms with Crippen LogP contribution < -0.4 is 14.2 Å². The summed E-state index contributed by atoms with van der Waals surface area (Å²) in [6, 6.07) is 11.9. The molecule has 0 unspecified atom stereocenters. The molecule has 2 aromatic rings. The van der Waals surface area contributed by atoms with Crippen LogP contribution in [-0.2, 0) is 4.79 Å². The van der Waals surface area contributed by atoms with Crippen LogP contribution in [0.2, 0.25) is 0 Å². The van der Waals surface area contributed by atoms with Crippen LogP contribution in [0, 0.1) is 0 Å². The van der Waals surface area contributed by atoms with Gasteiger partial charge in [0.05, 0.1) is 14.2 Å². The second-order valence-corrected chi connectivity index (χ2v) is 5.14. The Hall–Kier alpha value is -3.08. The molecule has 0 aliphatic rings. The van der Waals surface area contributed by atoms with Gasteiger partial charge in [-0.15, -0.1) is 0 Å². The predicted octanol–water partition coefficient (Wildman–Crippen LogP) is 3.92. The molecule has 2 rings (SSSR count). The first-order valence-corrected chi connectivity index (χ1v) is 7.83. The first-order chi connectivity index (χ1) is 12.1. The Kier molecular flexibility index (Phi) is 6.34. The predicted molar refractivity (Wildman–Crippen MR) is 95.3 cm³/mol. The zero-order valence-electron chi connectivity index (χ0n) is 14.4. The van der Waals surface area contributed by atoms with Gasteiger partial charge in [-0.3, -0.25) is 4.79 Å². The molecule has 5 heteroatoms. The van der Waals surface area contributed by atoms with Gasteiger partial charge in [0.25, 0.3) is 0 Å². The van der Waals surface area contributed by atoms with Gasteiger partial charge in [0.15, 0.2) is 17.3 Å². The van der Waals surface area contributed by atoms with Crippen LogP contribution in [0.15, 0.2) is 48.5 Å². The number of methoxy groups -OCH3 is 2. The molecule has 0 fully saturated rings. The Morgan fingerprint density at radius 2 is 1.72 bits per heavy atom. The molecule has 0 heterocycles. The summed E-state index contributed by atoms with van der Waals surface area (Å²) < 4.78 is 15.7. The minimum Gasteiger partial charge on any atom is -0.493 e. The summed E-state index contributed by atoms with van der Waals surface area (Å²) in [5.41, 5.74) is 1.29. The summed E-state index contributed by atoms with van der Waals surface area (Å²) in [6.07, 6.45) is 3.34. The number of ether oxygens (including phenoxy) is 3. The molecule has 25 heavy (non-hydrogen) atoms. The van der Waals surface area contributed by atoms with Crippen LogP contribution in [0.4, 0.5) is 0 Å². The SMILES string of the molecule is CCC(=O)c1ccc(OC(=O)/C=C/c2cccc(OC)c2OC)cc1. The number of esters is 1. The summed E-state index contributed by atoms with van der Waals surface area (Å²) in [4.78, 5) is 23.5. The van der Waals surface area contributed by atoms with E-state index in [4.69, 9.17) is 14.2 Å². The third-order valence-corrected chi connectivity index (χ3v) is 3.55. The normalized spacial score (nSPS) is 10.5. The topological polar surface area (TPSA) is 61.8 Å². The van der Waals surface area contributed by atoms with E-state index in [1.807, 2.05) is 0 Å². The maximum Gasteiger partial charge on any atom is 0.336 e. The highest BCUT2D eigenvalue weighted by Gasteiger charge is 2.08. The highest BCUT2D eigenvalue weighted by atomic mass is 16.5. The highest BCUT2D eigenvalue weighted by molar-refractivity contribution is 5.96. The van der Waals surface area contributed by atoms with Gasteiger partial charge in [-0.2, -0.15) is 0 Å². The number of Topliss-reactive ketones (excluding diaryl/α,β-unsaturated/α-hetero) is 1. The minimum absolute atomic E-state index is 0.0443. The van der Waals surface area contributed by atoms with Crippen LogP contribution in [0.5, 0.6) is 17.2 Å². The smallest absolute Gasteiger partial charge is 0.336 e. The monoisotopic (exact) mass is 340 g/mol. The van der Waals surface area contributed by atoms with E-state index >= 15 is 0 Å². The van der Waals surface area contributed by atoms with E-state index < -0.39 is 5.97 Å². The number of hydrogen-bond donors (Lipinski definition) is 0. The van der Waals surface area contributed by atoms with Gasteiger partial charge in [-0.1, -0.05) is 19.1 Å². The first kappa shape index (κ1) is 18.3. The maximum atomic E-state index is 12.0. The van der Waals surface area contributed by atoms with Crippen molar-refractivity contribution < 1.29 is 23.8 Å². The molecule has 0 N–H and O–H groups in total. The lowest BCUT2D eigenvalue weighted by Gasteiger charge is -2.09. The van der Waals surface area contributed by atoms with Crippen molar-refractivity contribution >= 4 is 17.8 Å². The van der Waals surface area contributed by atoms with Gasteiger partial charge in [0.2, 0.25) is 0 Å². The van der Waals surface area contributed by atoms with E-state index in [0.29, 0.717) is 34.8 Å². The van der Waals surface area contributed by atoms with E-state index in [0.717, 1.165) is 0 Å². The summed E-state index contributed by atoms with van der Waals surface area (Å²) in [5, 5.41) is 0. The maximum absolute atomic E-state index is 12.0. The molecule has 0 spiro atoms. The number of ketones is 1. The zero-order chi connectivity index (χ0) is 18.2. The molecule has 0 aliphatic carbocycles. The number of carbonyl (C=O) groups excluding carboxylic acids is 2. The van der Waals surface area contributed by atoms with Gasteiger partial charge in [0.1, 0.15) is 5.75 Å². The molecule has 2 aromatic carbocycles. The van der Waals surface area contributed by atoms with Crippen molar-refractivity contribution in [2.45, 2.75) is 13.3 Å². The van der Waals surface area contributed by atoms with E-state index in [1.54, 1.807) is 62.6 Å². The van der Waals surface area contributed by atoms with Crippen LogP contribution in [0.25, 0.3) is 6.08 Å². The summed E-state index contributed by atoms with van der Waals surface area (Å²) in [7, 11) is 3.08. The Bertz CT molecular complexity index is 775. The second kappa shape index (κ2) is 8.68. The molecular weight excluding hydrogens is 320 g/mol. The number of carbonyl (C=O) groups is 2. The Labute approximate surface area is 146 Å². The van der Waals surface area contributed by atoms with Crippen molar-refractivity contribution in [2.24, 2.45) is 0 Å². The Balaban J connectivity index is 2.07. The van der Waals surface area contributed by atoms with E-state index in [-0.39, 0.29) is 5.78 Å². The third kappa shape index (κ3) is 4.70. The fraction of sp³-hybridized carbons (Fsp3) is 0.200. The standard InChI is InChI=1S/C20H20O5/c1-4-17(21)14-8-11-16(12-9-14)25-19(22)13-10-15-6-5-7-18(23-2)20(15)24-3/h5-13H,4H2,1-3H3/b13-10+. The van der Waals surface area contributed by atoms with E-state index in [1.165, 1.54) is 13.2 Å². The summed E-state index contributed by atoms with van der Waals surface area (Å²) in [5.74, 6) is 1.01. The average molecular weight is 340 g/mol. The van der Waals surface area contributed by atoms with Gasteiger partial charge < -0.3 is 14.2 Å². The fourth-order valence-electron chi connectivity index (χ4n) is 2.26. The lowest BCUT2D eigenvalue weighted by atomic mass is 10.1. The molecule has 130 valence electrons. The number of para-hydroxylation sites is 1. The van der Waals surface area contributed by atoms with Crippen LogP contribution >= 0.6 is 0 Å². The van der Waals surface area contributed by atoms with Crippen LogP contribution in [-0.4, -0.2) is 26.0 Å². The fourth-order valence-corrected chi connectivity index (χ4v) is 2.26. The summed E-state index contributed by atoms with van der Waals surface area (Å²) in [6.45, 7) is 1.80. The highest BCUT2D eigenvalue weighted by Crippen LogP contribution is 2.31. The van der Waals surface area contributed by atoms with Crippen LogP contribution in [0.1, 0.15) is 29.3 Å². The van der Waals surface area contributed by atoms with Crippen molar-refractivity contribution in [1.82, 2.24) is 0 Å². The molecule has 0 amide bonds. The second-order valence-electron chi connectivity index (χ2n) is 5.14. The van der Waals surface area contributed by atoms with Crippen molar-refractivity contribution in [3.63, 3.8) is 0 Å². The molecule has 0 saturated carbocycles.